The molecule has 142 valence electrons. The summed E-state index contributed by atoms with van der Waals surface area (Å²) in [6.45, 7) is 17.0. The minimum absolute atomic E-state index is 0.812. The average molecular weight is 341 g/mol. The lowest BCUT2D eigenvalue weighted by Crippen LogP contribution is -2.40. The van der Waals surface area contributed by atoms with Crippen molar-refractivity contribution in [3.05, 3.63) is 0 Å². The van der Waals surface area contributed by atoms with Crippen molar-refractivity contribution in [3.63, 3.8) is 0 Å². The number of guanidine groups is 1. The number of nitrogens with zero attached hydrogens (tertiary/aromatic N) is 2. The van der Waals surface area contributed by atoms with E-state index < -0.39 is 0 Å². The molecule has 0 aromatic rings. The molecule has 1 rings (SSSR count). The first kappa shape index (κ1) is 21.2. The fourth-order valence-electron chi connectivity index (χ4n) is 3.48. The number of hydrogen-bond acceptors (Lipinski definition) is 3. The van der Waals surface area contributed by atoms with Gasteiger partial charge in [-0.15, -0.1) is 0 Å². The highest BCUT2D eigenvalue weighted by atomic mass is 16.5. The Morgan fingerprint density at radius 2 is 1.83 bits per heavy atom. The number of rotatable bonds is 11. The van der Waals surface area contributed by atoms with Gasteiger partial charge in [0.25, 0.3) is 0 Å². The summed E-state index contributed by atoms with van der Waals surface area (Å²) in [4.78, 5) is 7.32. The molecule has 5 nitrogen and oxygen atoms in total. The van der Waals surface area contributed by atoms with E-state index >= 15 is 0 Å². The van der Waals surface area contributed by atoms with Crippen molar-refractivity contribution >= 4 is 5.96 Å². The third-order valence-corrected chi connectivity index (χ3v) is 4.40. The van der Waals surface area contributed by atoms with Gasteiger partial charge < -0.3 is 20.3 Å². The molecule has 2 atom stereocenters. The topological polar surface area (TPSA) is 48.9 Å². The fraction of sp³-hybridized carbons (Fsp3) is 0.947. The molecule has 5 heteroatoms. The Labute approximate surface area is 149 Å². The van der Waals surface area contributed by atoms with Crippen molar-refractivity contribution in [2.75, 3.05) is 52.5 Å². The zero-order valence-corrected chi connectivity index (χ0v) is 16.4. The standard InChI is InChI=1S/C19H40N4O/c1-5-20-19(21-10-7-8-13-24-6-2)22-11-9-12-23-15-17(3)14-18(4)16-23/h17-18H,5-16H2,1-4H3,(H2,20,21,22). The Hall–Kier alpha value is -0.810. The van der Waals surface area contributed by atoms with Crippen LogP contribution in [0.4, 0.5) is 0 Å². The summed E-state index contributed by atoms with van der Waals surface area (Å²) in [7, 11) is 0. The van der Waals surface area contributed by atoms with Crippen molar-refractivity contribution in [1.82, 2.24) is 15.5 Å². The van der Waals surface area contributed by atoms with Crippen LogP contribution in [0.2, 0.25) is 0 Å². The molecule has 2 N–H and O–H groups in total. The van der Waals surface area contributed by atoms with Crippen LogP contribution < -0.4 is 10.6 Å². The molecule has 2 unspecified atom stereocenters. The summed E-state index contributed by atoms with van der Waals surface area (Å²) in [5.41, 5.74) is 0. The Morgan fingerprint density at radius 3 is 2.50 bits per heavy atom. The van der Waals surface area contributed by atoms with Crippen molar-refractivity contribution in [1.29, 1.82) is 0 Å². The van der Waals surface area contributed by atoms with E-state index in [4.69, 9.17) is 9.73 Å². The van der Waals surface area contributed by atoms with Crippen LogP contribution >= 0.6 is 0 Å². The predicted molar refractivity (Wildman–Crippen MR) is 104 cm³/mol. The highest BCUT2D eigenvalue weighted by molar-refractivity contribution is 5.79. The van der Waals surface area contributed by atoms with Crippen LogP contribution in [0.3, 0.4) is 0 Å². The fourth-order valence-corrected chi connectivity index (χ4v) is 3.48. The largest absolute Gasteiger partial charge is 0.382 e. The monoisotopic (exact) mass is 340 g/mol. The zero-order valence-electron chi connectivity index (χ0n) is 16.4. The van der Waals surface area contributed by atoms with E-state index in [-0.39, 0.29) is 0 Å². The molecule has 0 spiro atoms. The first-order valence-electron chi connectivity index (χ1n) is 9.97. The molecule has 1 aliphatic rings. The molecule has 24 heavy (non-hydrogen) atoms. The van der Waals surface area contributed by atoms with Gasteiger partial charge in [-0.25, -0.2) is 0 Å². The van der Waals surface area contributed by atoms with Crippen LogP contribution in [0.1, 0.15) is 53.4 Å². The van der Waals surface area contributed by atoms with Gasteiger partial charge in [-0.3, -0.25) is 4.99 Å². The van der Waals surface area contributed by atoms with Crippen LogP contribution in [0, 0.1) is 11.8 Å². The molecule has 1 saturated heterocycles. The number of aliphatic imine (C=N–C) groups is 1. The van der Waals surface area contributed by atoms with Gasteiger partial charge in [0.15, 0.2) is 5.96 Å². The SMILES string of the molecule is CCNC(=NCCCN1CC(C)CC(C)C1)NCCCCOCC. The summed E-state index contributed by atoms with van der Waals surface area (Å²) >= 11 is 0. The minimum Gasteiger partial charge on any atom is -0.382 e. The maximum atomic E-state index is 5.36. The van der Waals surface area contributed by atoms with Gasteiger partial charge in [0, 0.05) is 45.9 Å². The number of piperidine rings is 1. The lowest BCUT2D eigenvalue weighted by atomic mass is 9.92. The van der Waals surface area contributed by atoms with Crippen molar-refractivity contribution in [3.8, 4) is 0 Å². The van der Waals surface area contributed by atoms with Gasteiger partial charge in [-0.1, -0.05) is 13.8 Å². The molecule has 1 heterocycles. The minimum atomic E-state index is 0.812. The molecule has 0 aromatic heterocycles. The van der Waals surface area contributed by atoms with E-state index in [1.807, 2.05) is 6.92 Å². The van der Waals surface area contributed by atoms with Gasteiger partial charge in [-0.05, 0) is 57.9 Å². The third-order valence-electron chi connectivity index (χ3n) is 4.40. The second-order valence-electron chi connectivity index (χ2n) is 7.15. The van der Waals surface area contributed by atoms with Crippen LogP contribution in [0.5, 0.6) is 0 Å². The third kappa shape index (κ3) is 10.1. The van der Waals surface area contributed by atoms with Crippen molar-refractivity contribution < 1.29 is 4.74 Å². The second kappa shape index (κ2) is 13.5. The van der Waals surface area contributed by atoms with Gasteiger partial charge >= 0.3 is 0 Å². The lowest BCUT2D eigenvalue weighted by Gasteiger charge is -2.34. The smallest absolute Gasteiger partial charge is 0.191 e. The van der Waals surface area contributed by atoms with E-state index in [1.54, 1.807) is 0 Å². The Bertz CT molecular complexity index is 325. The molecule has 1 fully saturated rings. The average Bonchev–Trinajstić information content (AvgIpc) is 2.53. The Kier molecular flexibility index (Phi) is 11.9. The lowest BCUT2D eigenvalue weighted by molar-refractivity contribution is 0.140. The summed E-state index contributed by atoms with van der Waals surface area (Å²) in [6.07, 6.45) is 4.74. The molecular weight excluding hydrogens is 300 g/mol. The van der Waals surface area contributed by atoms with E-state index in [1.165, 1.54) is 26.1 Å². The predicted octanol–water partition coefficient (Wildman–Crippen LogP) is 2.73. The molecule has 0 aromatic carbocycles. The first-order chi connectivity index (χ1) is 11.7. The van der Waals surface area contributed by atoms with E-state index in [0.717, 1.165) is 69.9 Å². The Balaban J connectivity index is 2.17. The number of nitrogens with one attached hydrogen (secondary N) is 2. The van der Waals surface area contributed by atoms with Crippen LogP contribution in [0.15, 0.2) is 4.99 Å². The molecule has 0 amide bonds. The van der Waals surface area contributed by atoms with Gasteiger partial charge in [-0.2, -0.15) is 0 Å². The first-order valence-corrected chi connectivity index (χ1v) is 9.97. The number of likely N-dealkylation sites (tertiary alicyclic amines) is 1. The molecule has 0 saturated carbocycles. The molecule has 0 aliphatic carbocycles. The van der Waals surface area contributed by atoms with Gasteiger partial charge in [0.2, 0.25) is 0 Å². The van der Waals surface area contributed by atoms with E-state index in [0.29, 0.717) is 0 Å². The number of ether oxygens (including phenoxy) is 1. The number of hydrogen-bond donors (Lipinski definition) is 2. The second-order valence-corrected chi connectivity index (χ2v) is 7.15. The zero-order chi connectivity index (χ0) is 17.6. The highest BCUT2D eigenvalue weighted by Gasteiger charge is 2.20. The van der Waals surface area contributed by atoms with Gasteiger partial charge in [0.1, 0.15) is 0 Å². The molecule has 0 bridgehead atoms. The normalized spacial score (nSPS) is 22.6. The molecule has 1 aliphatic heterocycles. The van der Waals surface area contributed by atoms with E-state index in [2.05, 4.69) is 36.3 Å². The van der Waals surface area contributed by atoms with E-state index in [9.17, 15) is 0 Å². The van der Waals surface area contributed by atoms with Gasteiger partial charge in [0.05, 0.1) is 0 Å². The van der Waals surface area contributed by atoms with Crippen LogP contribution in [-0.2, 0) is 4.74 Å². The Morgan fingerprint density at radius 1 is 1.08 bits per heavy atom. The maximum Gasteiger partial charge on any atom is 0.191 e. The summed E-state index contributed by atoms with van der Waals surface area (Å²) in [5, 5.41) is 6.75. The summed E-state index contributed by atoms with van der Waals surface area (Å²) in [6, 6.07) is 0. The van der Waals surface area contributed by atoms with Crippen LogP contribution in [0.25, 0.3) is 0 Å². The molecular formula is C19H40N4O. The number of unbranched alkanes of at least 4 members (excludes halogenated alkanes) is 1. The summed E-state index contributed by atoms with van der Waals surface area (Å²) in [5.74, 6) is 2.63. The highest BCUT2D eigenvalue weighted by Crippen LogP contribution is 2.20. The molecule has 0 radical (unpaired) electrons. The van der Waals surface area contributed by atoms with Crippen molar-refractivity contribution in [2.24, 2.45) is 16.8 Å². The van der Waals surface area contributed by atoms with Crippen LogP contribution in [-0.4, -0.2) is 63.3 Å². The maximum absolute atomic E-state index is 5.36. The summed E-state index contributed by atoms with van der Waals surface area (Å²) < 4.78 is 5.36. The quantitative estimate of drug-likeness (QED) is 0.345. The van der Waals surface area contributed by atoms with Crippen molar-refractivity contribution in [2.45, 2.75) is 53.4 Å².